The van der Waals surface area contributed by atoms with E-state index in [-0.39, 0.29) is 24.3 Å². The number of unbranched alkanes of at least 4 members (excludes halogenated alkanes) is 3. The summed E-state index contributed by atoms with van der Waals surface area (Å²) in [5, 5.41) is 6.16. The van der Waals surface area contributed by atoms with E-state index in [0.29, 0.717) is 6.54 Å². The maximum Gasteiger partial charge on any atom is 0.408 e. The van der Waals surface area contributed by atoms with Gasteiger partial charge in [0.1, 0.15) is 17.7 Å². The van der Waals surface area contributed by atoms with Gasteiger partial charge < -0.3 is 20.3 Å². The number of benzene rings is 2. The van der Waals surface area contributed by atoms with Crippen molar-refractivity contribution in [1.29, 1.82) is 0 Å². The van der Waals surface area contributed by atoms with Crippen LogP contribution in [-0.4, -0.2) is 47.0 Å². The van der Waals surface area contributed by atoms with Gasteiger partial charge in [0.05, 0.1) is 0 Å². The molecule has 0 aromatic heterocycles. The highest BCUT2D eigenvalue weighted by Gasteiger charge is 2.37. The van der Waals surface area contributed by atoms with Crippen LogP contribution < -0.4 is 10.6 Å². The lowest BCUT2D eigenvalue weighted by Crippen LogP contribution is -2.54. The van der Waals surface area contributed by atoms with Crippen LogP contribution in [-0.2, 0) is 20.7 Å². The first-order valence-corrected chi connectivity index (χ1v) is 15.8. The van der Waals surface area contributed by atoms with Gasteiger partial charge in [-0.3, -0.25) is 9.59 Å². The van der Waals surface area contributed by atoms with E-state index in [4.69, 9.17) is 4.74 Å². The fraction of sp³-hybridized carbons (Fsp3) is 0.571. The number of rotatable bonds is 13. The van der Waals surface area contributed by atoms with Crippen molar-refractivity contribution < 1.29 is 19.1 Å². The standard InChI is InChI=1S/C35H51N3O4/c1-6-7-8-17-24-38(31(29-23-16-15-18-26(29)2)32(39)36-28-21-13-10-14-22-28)33(40)30(25-27-19-11-9-12-20-27)37-34(41)42-35(3,4)5/h9,11-12,15-16,18-20,23,28,30-31H,6-8,10,13-14,17,21-22,24-25H2,1-5H3,(H,36,39)(H,37,41). The van der Waals surface area contributed by atoms with Crippen molar-refractivity contribution in [2.24, 2.45) is 0 Å². The Morgan fingerprint density at radius 1 is 0.929 bits per heavy atom. The minimum atomic E-state index is -0.901. The van der Waals surface area contributed by atoms with E-state index in [1.54, 1.807) is 25.7 Å². The molecule has 1 aliphatic carbocycles. The van der Waals surface area contributed by atoms with E-state index in [9.17, 15) is 14.4 Å². The molecule has 1 saturated carbocycles. The van der Waals surface area contributed by atoms with Gasteiger partial charge in [-0.15, -0.1) is 0 Å². The van der Waals surface area contributed by atoms with Crippen molar-refractivity contribution in [3.8, 4) is 0 Å². The number of hydrogen-bond donors (Lipinski definition) is 2. The van der Waals surface area contributed by atoms with Crippen molar-refractivity contribution in [3.05, 3.63) is 71.3 Å². The average molecular weight is 578 g/mol. The van der Waals surface area contributed by atoms with Gasteiger partial charge in [-0.1, -0.05) is 100 Å². The molecule has 3 rings (SSSR count). The van der Waals surface area contributed by atoms with Gasteiger partial charge >= 0.3 is 6.09 Å². The zero-order valence-corrected chi connectivity index (χ0v) is 26.3. The summed E-state index contributed by atoms with van der Waals surface area (Å²) in [5.74, 6) is -0.441. The van der Waals surface area contributed by atoms with Crippen molar-refractivity contribution in [3.63, 3.8) is 0 Å². The minimum absolute atomic E-state index is 0.106. The van der Waals surface area contributed by atoms with Crippen LogP contribution in [0, 0.1) is 6.92 Å². The SMILES string of the molecule is CCCCCCN(C(=O)C(Cc1ccccc1)NC(=O)OC(C)(C)C)C(C(=O)NC1CCCCC1)c1ccccc1C. The van der Waals surface area contributed by atoms with Crippen molar-refractivity contribution in [1.82, 2.24) is 15.5 Å². The van der Waals surface area contributed by atoms with Gasteiger partial charge in [0, 0.05) is 19.0 Å². The summed E-state index contributed by atoms with van der Waals surface area (Å²) in [6.45, 7) is 9.93. The van der Waals surface area contributed by atoms with E-state index >= 15 is 0 Å². The molecule has 2 N–H and O–H groups in total. The highest BCUT2D eigenvalue weighted by Crippen LogP contribution is 2.28. The molecular weight excluding hydrogens is 526 g/mol. The molecule has 0 aliphatic heterocycles. The van der Waals surface area contributed by atoms with Gasteiger partial charge in [0.15, 0.2) is 0 Å². The van der Waals surface area contributed by atoms with Gasteiger partial charge in [-0.05, 0) is 63.6 Å². The first-order chi connectivity index (χ1) is 20.1. The molecule has 0 saturated heterocycles. The van der Waals surface area contributed by atoms with Crippen LogP contribution in [0.15, 0.2) is 54.6 Å². The minimum Gasteiger partial charge on any atom is -0.444 e. The Hall–Kier alpha value is -3.35. The Morgan fingerprint density at radius 2 is 1.60 bits per heavy atom. The molecule has 7 heteroatoms. The van der Waals surface area contributed by atoms with Crippen LogP contribution in [0.2, 0.25) is 0 Å². The third-order valence-corrected chi connectivity index (χ3v) is 7.80. The third-order valence-electron chi connectivity index (χ3n) is 7.80. The summed E-state index contributed by atoms with van der Waals surface area (Å²) in [6, 6.07) is 15.8. The van der Waals surface area contributed by atoms with Crippen LogP contribution in [0.4, 0.5) is 4.79 Å². The van der Waals surface area contributed by atoms with Gasteiger partial charge in [-0.25, -0.2) is 4.79 Å². The van der Waals surface area contributed by atoms with Gasteiger partial charge in [0.25, 0.3) is 0 Å². The molecule has 0 radical (unpaired) electrons. The fourth-order valence-electron chi connectivity index (χ4n) is 5.65. The number of amides is 3. The molecule has 0 spiro atoms. The van der Waals surface area contributed by atoms with E-state index in [1.165, 1.54) is 6.42 Å². The Labute approximate surface area is 252 Å². The molecule has 2 unspecified atom stereocenters. The molecule has 0 heterocycles. The van der Waals surface area contributed by atoms with Crippen molar-refractivity contribution >= 4 is 17.9 Å². The number of hydrogen-bond acceptors (Lipinski definition) is 4. The normalized spacial score (nSPS) is 15.4. The lowest BCUT2D eigenvalue weighted by molar-refractivity contribution is -0.143. The maximum atomic E-state index is 14.6. The fourth-order valence-corrected chi connectivity index (χ4v) is 5.65. The predicted molar refractivity (Wildman–Crippen MR) is 168 cm³/mol. The molecule has 2 aromatic rings. The molecule has 2 aromatic carbocycles. The molecule has 7 nitrogen and oxygen atoms in total. The summed E-state index contributed by atoms with van der Waals surface area (Å²) in [5.41, 5.74) is 1.96. The Kier molecular flexibility index (Phi) is 12.9. The molecule has 1 aliphatic rings. The summed E-state index contributed by atoms with van der Waals surface area (Å²) < 4.78 is 5.56. The first kappa shape index (κ1) is 33.2. The van der Waals surface area contributed by atoms with Crippen molar-refractivity contribution in [2.75, 3.05) is 6.54 Å². The Bertz CT molecular complexity index is 1140. The molecule has 1 fully saturated rings. The van der Waals surface area contributed by atoms with Crippen molar-refractivity contribution in [2.45, 2.75) is 123 Å². The second kappa shape index (κ2) is 16.3. The number of carbonyl (C=O) groups is 3. The zero-order chi connectivity index (χ0) is 30.5. The second-order valence-electron chi connectivity index (χ2n) is 12.6. The lowest BCUT2D eigenvalue weighted by Gasteiger charge is -2.36. The van der Waals surface area contributed by atoms with Crippen LogP contribution in [0.1, 0.15) is 108 Å². The van der Waals surface area contributed by atoms with E-state index in [1.807, 2.05) is 61.5 Å². The molecule has 3 amide bonds. The summed E-state index contributed by atoms with van der Waals surface area (Å²) in [7, 11) is 0. The van der Waals surface area contributed by atoms with Crippen LogP contribution in [0.3, 0.4) is 0 Å². The summed E-state index contributed by atoms with van der Waals surface area (Å²) in [6.07, 6.45) is 8.75. The van der Waals surface area contributed by atoms with Crippen LogP contribution >= 0.6 is 0 Å². The smallest absolute Gasteiger partial charge is 0.408 e. The number of carbonyl (C=O) groups excluding carboxylic acids is 3. The average Bonchev–Trinajstić information content (AvgIpc) is 2.95. The zero-order valence-electron chi connectivity index (χ0n) is 26.3. The highest BCUT2D eigenvalue weighted by atomic mass is 16.6. The Morgan fingerprint density at radius 3 is 2.24 bits per heavy atom. The topological polar surface area (TPSA) is 87.7 Å². The van der Waals surface area contributed by atoms with E-state index in [0.717, 1.165) is 68.1 Å². The number of nitrogens with zero attached hydrogens (tertiary/aromatic N) is 1. The van der Waals surface area contributed by atoms with Gasteiger partial charge in [-0.2, -0.15) is 0 Å². The first-order valence-electron chi connectivity index (χ1n) is 15.8. The molecule has 42 heavy (non-hydrogen) atoms. The van der Waals surface area contributed by atoms with Crippen LogP contribution in [0.5, 0.6) is 0 Å². The van der Waals surface area contributed by atoms with Crippen LogP contribution in [0.25, 0.3) is 0 Å². The largest absolute Gasteiger partial charge is 0.444 e. The third kappa shape index (κ3) is 10.5. The quantitative estimate of drug-likeness (QED) is 0.250. The van der Waals surface area contributed by atoms with E-state index in [2.05, 4.69) is 17.6 Å². The monoisotopic (exact) mass is 577 g/mol. The molecule has 0 bridgehead atoms. The number of aryl methyl sites for hydroxylation is 1. The predicted octanol–water partition coefficient (Wildman–Crippen LogP) is 7.03. The second-order valence-corrected chi connectivity index (χ2v) is 12.6. The maximum absolute atomic E-state index is 14.6. The molecule has 230 valence electrons. The number of nitrogens with one attached hydrogen (secondary N) is 2. The number of ether oxygens (including phenoxy) is 1. The van der Waals surface area contributed by atoms with E-state index < -0.39 is 23.8 Å². The summed E-state index contributed by atoms with van der Waals surface area (Å²) >= 11 is 0. The molecule has 2 atom stereocenters. The highest BCUT2D eigenvalue weighted by molar-refractivity contribution is 5.92. The lowest BCUT2D eigenvalue weighted by atomic mass is 9.93. The molecular formula is C35H51N3O4. The Balaban J connectivity index is 2.01. The summed E-state index contributed by atoms with van der Waals surface area (Å²) in [4.78, 5) is 43.5. The van der Waals surface area contributed by atoms with Gasteiger partial charge in [0.2, 0.25) is 11.8 Å². The number of alkyl carbamates (subject to hydrolysis) is 1.